The van der Waals surface area contributed by atoms with Gasteiger partial charge in [0.05, 0.1) is 11.9 Å². The molecule has 0 saturated carbocycles. The number of carbonyl (C=O) groups is 3. The maximum atomic E-state index is 13.5. The molecule has 5 rings (SSSR count). The molecule has 0 fully saturated rings. The summed E-state index contributed by atoms with van der Waals surface area (Å²) in [6.07, 6.45) is 5.35. The Morgan fingerprint density at radius 1 is 1.03 bits per heavy atom. The molecule has 9 nitrogen and oxygen atoms in total. The van der Waals surface area contributed by atoms with Crippen LogP contribution in [-0.4, -0.2) is 50.2 Å². The Morgan fingerprint density at radius 3 is 2.62 bits per heavy atom. The Labute approximate surface area is 236 Å². The summed E-state index contributed by atoms with van der Waals surface area (Å²) >= 11 is 12.3. The van der Waals surface area contributed by atoms with Crippen LogP contribution in [0.1, 0.15) is 43.7 Å². The molecule has 0 bridgehead atoms. The highest BCUT2D eigenvalue weighted by atomic mass is 35.5. The quantitative estimate of drug-likeness (QED) is 0.480. The Hall–Kier alpha value is -3.69. The molecule has 39 heavy (non-hydrogen) atoms. The van der Waals surface area contributed by atoms with Gasteiger partial charge in [-0.2, -0.15) is 0 Å². The summed E-state index contributed by atoms with van der Waals surface area (Å²) < 4.78 is 1.54. The topological polar surface area (TPSA) is 109 Å². The second-order valence-corrected chi connectivity index (χ2v) is 10.6. The van der Waals surface area contributed by atoms with E-state index in [2.05, 4.69) is 20.9 Å². The molecule has 1 aromatic heterocycles. The monoisotopic (exact) mass is 566 g/mol. The van der Waals surface area contributed by atoms with E-state index in [4.69, 9.17) is 23.2 Å². The van der Waals surface area contributed by atoms with Crippen LogP contribution in [0.15, 0.2) is 54.7 Å². The number of benzene rings is 2. The number of rotatable bonds is 3. The van der Waals surface area contributed by atoms with E-state index in [9.17, 15) is 14.4 Å². The van der Waals surface area contributed by atoms with Gasteiger partial charge in [0.2, 0.25) is 17.7 Å². The molecule has 0 spiro atoms. The van der Waals surface area contributed by atoms with E-state index in [-0.39, 0.29) is 35.3 Å². The molecule has 0 aliphatic carbocycles. The number of amides is 3. The first-order valence-electron chi connectivity index (χ1n) is 12.9. The number of hydrogen-bond donors (Lipinski definition) is 2. The number of fused-ring (bicyclic) bond motifs is 1. The average Bonchev–Trinajstić information content (AvgIpc) is 3.36. The highest BCUT2D eigenvalue weighted by Crippen LogP contribution is 2.32. The minimum atomic E-state index is -0.648. The first kappa shape index (κ1) is 26.9. The molecular weight excluding hydrogens is 539 g/mol. The van der Waals surface area contributed by atoms with E-state index >= 15 is 0 Å². The Bertz CT molecular complexity index is 1450. The lowest BCUT2D eigenvalue weighted by atomic mass is 9.94. The molecule has 202 valence electrons. The third-order valence-electron chi connectivity index (χ3n) is 7.19. The van der Waals surface area contributed by atoms with Crippen molar-refractivity contribution in [3.05, 3.63) is 76.0 Å². The molecule has 3 amide bonds. The van der Waals surface area contributed by atoms with Crippen molar-refractivity contribution in [2.75, 3.05) is 11.9 Å². The van der Waals surface area contributed by atoms with Crippen molar-refractivity contribution in [1.82, 2.24) is 25.2 Å². The zero-order valence-corrected chi connectivity index (χ0v) is 22.9. The maximum absolute atomic E-state index is 13.5. The Morgan fingerprint density at radius 2 is 1.85 bits per heavy atom. The molecule has 2 aromatic carbocycles. The summed E-state index contributed by atoms with van der Waals surface area (Å²) in [6.45, 7) is 2.49. The SMILES string of the molecule is C[C@@H]1CCC[C@H](N2CCC(c3cc(Cl)ccc3-n3cc(Cl)nn3)=CC2=O)C(=O)NCc2ccccc2NC1=O. The molecule has 0 saturated heterocycles. The predicted molar refractivity (Wildman–Crippen MR) is 149 cm³/mol. The maximum Gasteiger partial charge on any atom is 0.247 e. The van der Waals surface area contributed by atoms with Gasteiger partial charge in [-0.05, 0) is 54.7 Å². The third kappa shape index (κ3) is 5.99. The van der Waals surface area contributed by atoms with E-state index < -0.39 is 6.04 Å². The highest BCUT2D eigenvalue weighted by molar-refractivity contribution is 6.31. The molecule has 2 aliphatic rings. The number of nitrogens with zero attached hydrogens (tertiary/aromatic N) is 4. The second kappa shape index (κ2) is 11.6. The van der Waals surface area contributed by atoms with Crippen LogP contribution in [0.2, 0.25) is 10.2 Å². The summed E-state index contributed by atoms with van der Waals surface area (Å²) in [4.78, 5) is 41.2. The van der Waals surface area contributed by atoms with Gasteiger partial charge < -0.3 is 15.5 Å². The van der Waals surface area contributed by atoms with Crippen molar-refractivity contribution < 1.29 is 14.4 Å². The van der Waals surface area contributed by atoms with Crippen LogP contribution in [0.5, 0.6) is 0 Å². The standard InChI is InChI=1S/C28H28Cl2N6O3/c1-17-5-4-8-24(28(39)31-15-19-6-2-3-7-22(19)32-27(17)38)35-12-11-18(13-26(35)37)21-14-20(29)9-10-23(21)36-16-25(30)33-34-36/h2-3,6-7,9-10,13-14,16-17,24H,4-5,8,11-12,15H2,1H3,(H,31,39)(H,32,38)/t17-,24+/m1/s1. The van der Waals surface area contributed by atoms with E-state index in [0.717, 1.165) is 16.7 Å². The lowest BCUT2D eigenvalue weighted by Crippen LogP contribution is -2.50. The van der Waals surface area contributed by atoms with Crippen LogP contribution >= 0.6 is 23.2 Å². The molecule has 2 aliphatic heterocycles. The van der Waals surface area contributed by atoms with Gasteiger partial charge >= 0.3 is 0 Å². The number of nitrogens with one attached hydrogen (secondary N) is 2. The van der Waals surface area contributed by atoms with Crippen molar-refractivity contribution in [3.63, 3.8) is 0 Å². The van der Waals surface area contributed by atoms with Gasteiger partial charge in [-0.15, -0.1) is 5.10 Å². The van der Waals surface area contributed by atoms with Gasteiger partial charge in [-0.3, -0.25) is 14.4 Å². The minimum absolute atomic E-state index is 0.0569. The van der Waals surface area contributed by atoms with Crippen LogP contribution < -0.4 is 10.6 Å². The number of hydrogen-bond acceptors (Lipinski definition) is 5. The fourth-order valence-corrected chi connectivity index (χ4v) is 5.33. The summed E-state index contributed by atoms with van der Waals surface area (Å²) in [7, 11) is 0. The van der Waals surface area contributed by atoms with Crippen LogP contribution in [0.4, 0.5) is 5.69 Å². The number of aromatic nitrogens is 3. The van der Waals surface area contributed by atoms with E-state index in [0.29, 0.717) is 48.6 Å². The van der Waals surface area contributed by atoms with Gasteiger partial charge in [0.1, 0.15) is 6.04 Å². The lowest BCUT2D eigenvalue weighted by molar-refractivity contribution is -0.137. The lowest BCUT2D eigenvalue weighted by Gasteiger charge is -2.34. The van der Waals surface area contributed by atoms with Gasteiger partial charge in [0, 0.05) is 41.4 Å². The van der Waals surface area contributed by atoms with Crippen LogP contribution in [0.3, 0.4) is 0 Å². The van der Waals surface area contributed by atoms with Crippen molar-refractivity contribution in [1.29, 1.82) is 0 Å². The highest BCUT2D eigenvalue weighted by Gasteiger charge is 2.32. The molecule has 0 radical (unpaired) electrons. The first-order chi connectivity index (χ1) is 18.8. The fourth-order valence-electron chi connectivity index (χ4n) is 5.03. The molecule has 0 unspecified atom stereocenters. The number of carbonyl (C=O) groups excluding carboxylic acids is 3. The number of halogens is 2. The van der Waals surface area contributed by atoms with Crippen molar-refractivity contribution in [3.8, 4) is 5.69 Å². The predicted octanol–water partition coefficient (Wildman–Crippen LogP) is 4.63. The van der Waals surface area contributed by atoms with Gasteiger partial charge in [-0.25, -0.2) is 4.68 Å². The normalized spacial score (nSPS) is 20.7. The summed E-state index contributed by atoms with van der Waals surface area (Å²) in [5.41, 5.74) is 3.71. The Kier molecular flexibility index (Phi) is 7.99. The minimum Gasteiger partial charge on any atom is -0.350 e. The van der Waals surface area contributed by atoms with Gasteiger partial charge in [-0.1, -0.05) is 60.0 Å². The third-order valence-corrected chi connectivity index (χ3v) is 7.60. The van der Waals surface area contributed by atoms with E-state index in [1.165, 1.54) is 0 Å². The molecular formula is C28H28Cl2N6O3. The summed E-state index contributed by atoms with van der Waals surface area (Å²) in [5, 5.41) is 14.6. The second-order valence-electron chi connectivity index (χ2n) is 9.81. The first-order valence-corrected chi connectivity index (χ1v) is 13.6. The molecule has 3 heterocycles. The summed E-state index contributed by atoms with van der Waals surface area (Å²) in [5.74, 6) is -0.748. The summed E-state index contributed by atoms with van der Waals surface area (Å²) in [6, 6.07) is 12.1. The van der Waals surface area contributed by atoms with Crippen molar-refractivity contribution >= 4 is 52.2 Å². The smallest absolute Gasteiger partial charge is 0.247 e. The van der Waals surface area contributed by atoms with Crippen molar-refractivity contribution in [2.45, 2.75) is 45.2 Å². The van der Waals surface area contributed by atoms with Crippen LogP contribution in [-0.2, 0) is 20.9 Å². The molecule has 11 heteroatoms. The van der Waals surface area contributed by atoms with E-state index in [1.54, 1.807) is 40.1 Å². The number of anilines is 1. The van der Waals surface area contributed by atoms with Gasteiger partial charge in [0.25, 0.3) is 0 Å². The molecule has 3 aromatic rings. The van der Waals surface area contributed by atoms with E-state index in [1.807, 2.05) is 31.2 Å². The Balaban J connectivity index is 1.40. The zero-order valence-electron chi connectivity index (χ0n) is 21.4. The van der Waals surface area contributed by atoms with Crippen LogP contribution in [0, 0.1) is 5.92 Å². The zero-order chi connectivity index (χ0) is 27.5. The average molecular weight is 567 g/mol. The largest absolute Gasteiger partial charge is 0.350 e. The van der Waals surface area contributed by atoms with Crippen molar-refractivity contribution in [2.24, 2.45) is 5.92 Å². The van der Waals surface area contributed by atoms with Crippen LogP contribution in [0.25, 0.3) is 11.3 Å². The fraction of sp³-hybridized carbons (Fsp3) is 0.321. The molecule has 2 N–H and O–H groups in total. The molecule has 2 atom stereocenters. The number of para-hydroxylation sites is 1. The van der Waals surface area contributed by atoms with Gasteiger partial charge in [0.15, 0.2) is 5.15 Å².